The van der Waals surface area contributed by atoms with Gasteiger partial charge in [0.1, 0.15) is 11.6 Å². The molecule has 1 rings (SSSR count). The average molecular weight is 282 g/mol. The van der Waals surface area contributed by atoms with Gasteiger partial charge >= 0.3 is 0 Å². The Bertz CT molecular complexity index is 354. The van der Waals surface area contributed by atoms with E-state index in [0.717, 1.165) is 25.7 Å². The van der Waals surface area contributed by atoms with E-state index in [1.54, 1.807) is 0 Å². The predicted molar refractivity (Wildman–Crippen MR) is 81.3 cm³/mol. The van der Waals surface area contributed by atoms with Gasteiger partial charge in [0.05, 0.1) is 0 Å². The van der Waals surface area contributed by atoms with Gasteiger partial charge in [0.25, 0.3) is 0 Å². The number of hydrogen-bond donors (Lipinski definition) is 1. The van der Waals surface area contributed by atoms with Crippen LogP contribution in [0.1, 0.15) is 66.7 Å². The Kier molecular flexibility index (Phi) is 6.03. The molecule has 20 heavy (non-hydrogen) atoms. The molecule has 1 N–H and O–H groups in total. The van der Waals surface area contributed by atoms with E-state index in [1.807, 2.05) is 18.7 Å². The molecule has 0 aliphatic carbocycles. The highest BCUT2D eigenvalue weighted by atomic mass is 16.2. The molecule has 0 spiro atoms. The molecule has 1 aliphatic heterocycles. The molecule has 1 aliphatic rings. The lowest BCUT2D eigenvalue weighted by Gasteiger charge is -2.44. The average Bonchev–Trinajstić information content (AvgIpc) is 2.39. The lowest BCUT2D eigenvalue weighted by Crippen LogP contribution is -2.69. The third-order valence-corrected chi connectivity index (χ3v) is 4.22. The maximum atomic E-state index is 12.7. The number of carbonyl (C=O) groups is 2. The van der Waals surface area contributed by atoms with E-state index in [1.165, 1.54) is 0 Å². The van der Waals surface area contributed by atoms with Crippen LogP contribution in [0.25, 0.3) is 0 Å². The Hall–Kier alpha value is -1.06. The Morgan fingerprint density at radius 3 is 2.40 bits per heavy atom. The van der Waals surface area contributed by atoms with Crippen molar-refractivity contribution in [1.29, 1.82) is 0 Å². The van der Waals surface area contributed by atoms with Gasteiger partial charge in [0.15, 0.2) is 0 Å². The van der Waals surface area contributed by atoms with E-state index < -0.39 is 5.54 Å². The van der Waals surface area contributed by atoms with Gasteiger partial charge in [0.2, 0.25) is 11.8 Å². The molecule has 4 nitrogen and oxygen atoms in total. The van der Waals surface area contributed by atoms with E-state index >= 15 is 0 Å². The Morgan fingerprint density at radius 2 is 1.90 bits per heavy atom. The number of unbranched alkanes of at least 4 members (excludes halogenated alkanes) is 2. The quantitative estimate of drug-likeness (QED) is 0.730. The fourth-order valence-corrected chi connectivity index (χ4v) is 2.72. The highest BCUT2D eigenvalue weighted by Crippen LogP contribution is 2.25. The molecule has 0 aromatic heterocycles. The van der Waals surface area contributed by atoms with Crippen molar-refractivity contribution in [1.82, 2.24) is 10.2 Å². The van der Waals surface area contributed by atoms with Crippen molar-refractivity contribution >= 4 is 11.8 Å². The van der Waals surface area contributed by atoms with E-state index in [2.05, 4.69) is 26.1 Å². The summed E-state index contributed by atoms with van der Waals surface area (Å²) < 4.78 is 0. The fraction of sp³-hybridized carbons (Fsp3) is 0.875. The zero-order chi connectivity index (χ0) is 15.3. The van der Waals surface area contributed by atoms with Crippen LogP contribution in [0, 0.1) is 5.92 Å². The van der Waals surface area contributed by atoms with Crippen molar-refractivity contribution in [2.45, 2.75) is 78.3 Å². The van der Waals surface area contributed by atoms with Crippen molar-refractivity contribution in [2.24, 2.45) is 5.92 Å². The lowest BCUT2D eigenvalue weighted by atomic mass is 9.89. The molecule has 2 unspecified atom stereocenters. The Labute approximate surface area is 123 Å². The van der Waals surface area contributed by atoms with E-state index in [4.69, 9.17) is 0 Å². The van der Waals surface area contributed by atoms with Crippen LogP contribution in [0.2, 0.25) is 0 Å². The van der Waals surface area contributed by atoms with Crippen LogP contribution in [0.4, 0.5) is 0 Å². The van der Waals surface area contributed by atoms with E-state index in [0.29, 0.717) is 18.9 Å². The normalized spacial score (nSPS) is 27.1. The topological polar surface area (TPSA) is 49.4 Å². The second-order valence-electron chi connectivity index (χ2n) is 6.53. The third kappa shape index (κ3) is 3.74. The summed E-state index contributed by atoms with van der Waals surface area (Å²) in [7, 11) is 0. The first-order valence-corrected chi connectivity index (χ1v) is 7.98. The number of piperazine rings is 1. The van der Waals surface area contributed by atoms with Crippen molar-refractivity contribution in [3.8, 4) is 0 Å². The van der Waals surface area contributed by atoms with Crippen molar-refractivity contribution in [3.05, 3.63) is 0 Å². The first kappa shape index (κ1) is 17.0. The number of rotatable bonds is 7. The van der Waals surface area contributed by atoms with Crippen molar-refractivity contribution in [2.75, 3.05) is 6.54 Å². The standard InChI is InChI=1S/C16H30N2O2/c1-6-8-9-10-18-13(11-12(3)4)14(19)17-16(5,7-2)15(18)20/h12-13H,6-11H2,1-5H3,(H,17,19). The first-order chi connectivity index (χ1) is 9.35. The van der Waals surface area contributed by atoms with Gasteiger partial charge < -0.3 is 10.2 Å². The van der Waals surface area contributed by atoms with Crippen LogP contribution in [-0.2, 0) is 9.59 Å². The molecule has 0 aromatic carbocycles. The minimum Gasteiger partial charge on any atom is -0.340 e. The molecule has 2 amide bonds. The number of amides is 2. The smallest absolute Gasteiger partial charge is 0.248 e. The lowest BCUT2D eigenvalue weighted by molar-refractivity contribution is -0.155. The minimum absolute atomic E-state index is 0.0131. The largest absolute Gasteiger partial charge is 0.340 e. The van der Waals surface area contributed by atoms with Crippen LogP contribution >= 0.6 is 0 Å². The molecule has 0 saturated carbocycles. The summed E-state index contributed by atoms with van der Waals surface area (Å²) in [6.45, 7) is 10.8. The summed E-state index contributed by atoms with van der Waals surface area (Å²) in [4.78, 5) is 26.9. The van der Waals surface area contributed by atoms with Crippen molar-refractivity contribution in [3.63, 3.8) is 0 Å². The summed E-state index contributed by atoms with van der Waals surface area (Å²) in [5.74, 6) is 0.499. The van der Waals surface area contributed by atoms with Gasteiger partial charge in [-0.05, 0) is 32.1 Å². The first-order valence-electron chi connectivity index (χ1n) is 7.98. The monoisotopic (exact) mass is 282 g/mol. The molecule has 1 heterocycles. The van der Waals surface area contributed by atoms with Crippen molar-refractivity contribution < 1.29 is 9.59 Å². The molecule has 4 heteroatoms. The zero-order valence-electron chi connectivity index (χ0n) is 13.7. The fourth-order valence-electron chi connectivity index (χ4n) is 2.72. The van der Waals surface area contributed by atoms with Gasteiger partial charge in [-0.3, -0.25) is 9.59 Å². The highest BCUT2D eigenvalue weighted by Gasteiger charge is 2.46. The summed E-state index contributed by atoms with van der Waals surface area (Å²) in [5, 5.41) is 2.94. The number of hydrogen-bond acceptors (Lipinski definition) is 2. The second kappa shape index (κ2) is 7.09. The maximum Gasteiger partial charge on any atom is 0.248 e. The molecular formula is C16H30N2O2. The molecule has 0 aromatic rings. The van der Waals surface area contributed by atoms with Gasteiger partial charge in [0, 0.05) is 6.54 Å². The van der Waals surface area contributed by atoms with E-state index in [-0.39, 0.29) is 17.9 Å². The highest BCUT2D eigenvalue weighted by molar-refractivity contribution is 5.99. The Morgan fingerprint density at radius 1 is 1.25 bits per heavy atom. The Balaban J connectivity index is 2.91. The van der Waals surface area contributed by atoms with Crippen LogP contribution in [-0.4, -0.2) is 34.8 Å². The SMILES string of the molecule is CCCCCN1C(=O)C(C)(CC)NC(=O)C1CC(C)C. The van der Waals surface area contributed by atoms with Crippen LogP contribution in [0.5, 0.6) is 0 Å². The molecule has 0 bridgehead atoms. The molecule has 0 radical (unpaired) electrons. The molecule has 1 fully saturated rings. The summed E-state index contributed by atoms with van der Waals surface area (Å²) in [6.07, 6.45) is 4.57. The third-order valence-electron chi connectivity index (χ3n) is 4.22. The summed E-state index contributed by atoms with van der Waals surface area (Å²) in [6, 6.07) is -0.293. The minimum atomic E-state index is -0.725. The number of nitrogens with one attached hydrogen (secondary N) is 1. The van der Waals surface area contributed by atoms with Crippen LogP contribution in [0.3, 0.4) is 0 Å². The number of nitrogens with zero attached hydrogens (tertiary/aromatic N) is 1. The summed E-state index contributed by atoms with van der Waals surface area (Å²) in [5.41, 5.74) is -0.725. The second-order valence-corrected chi connectivity index (χ2v) is 6.53. The zero-order valence-corrected chi connectivity index (χ0v) is 13.7. The molecule has 116 valence electrons. The van der Waals surface area contributed by atoms with Gasteiger partial charge in [-0.15, -0.1) is 0 Å². The number of carbonyl (C=O) groups excluding carboxylic acids is 2. The van der Waals surface area contributed by atoms with Crippen LogP contribution < -0.4 is 5.32 Å². The maximum absolute atomic E-state index is 12.7. The molecular weight excluding hydrogens is 252 g/mol. The summed E-state index contributed by atoms with van der Waals surface area (Å²) >= 11 is 0. The molecule has 1 saturated heterocycles. The van der Waals surface area contributed by atoms with Gasteiger partial charge in [-0.25, -0.2) is 0 Å². The van der Waals surface area contributed by atoms with Gasteiger partial charge in [-0.1, -0.05) is 40.5 Å². The van der Waals surface area contributed by atoms with Crippen LogP contribution in [0.15, 0.2) is 0 Å². The van der Waals surface area contributed by atoms with E-state index in [9.17, 15) is 9.59 Å². The predicted octanol–water partition coefficient (Wildman–Crippen LogP) is 2.72. The molecule has 2 atom stereocenters. The van der Waals surface area contributed by atoms with Gasteiger partial charge in [-0.2, -0.15) is 0 Å².